The van der Waals surface area contributed by atoms with Crippen LogP contribution in [0.1, 0.15) is 0 Å². The lowest BCUT2D eigenvalue weighted by molar-refractivity contribution is 0.196. The maximum atomic E-state index is 13.9. The number of amides is 1. The average Bonchev–Trinajstić information content (AvgIpc) is 2.72. The van der Waals surface area contributed by atoms with Crippen LogP contribution < -0.4 is 9.80 Å². The lowest BCUT2D eigenvalue weighted by atomic mass is 10.1. The predicted molar refractivity (Wildman–Crippen MR) is 61.6 cm³/mol. The SMILES string of the molecule is O=C1O[CH]CN1c1cc(F)c(N2CC(F)C2)c(F)c1. The number of hydrogen-bond acceptors (Lipinski definition) is 3. The normalized spacial score (nSPS) is 19.6. The van der Waals surface area contributed by atoms with E-state index in [2.05, 4.69) is 4.74 Å². The Hall–Kier alpha value is -1.92. The molecule has 0 saturated carbocycles. The van der Waals surface area contributed by atoms with E-state index >= 15 is 0 Å². The number of hydrogen-bond donors (Lipinski definition) is 0. The van der Waals surface area contributed by atoms with Crippen molar-refractivity contribution in [2.45, 2.75) is 6.17 Å². The van der Waals surface area contributed by atoms with Crippen molar-refractivity contribution >= 4 is 17.5 Å². The minimum Gasteiger partial charge on any atom is -0.440 e. The Morgan fingerprint density at radius 3 is 2.32 bits per heavy atom. The van der Waals surface area contributed by atoms with Crippen LogP contribution in [0, 0.1) is 18.2 Å². The summed E-state index contributed by atoms with van der Waals surface area (Å²) in [7, 11) is 0. The number of anilines is 2. The Balaban J connectivity index is 1.91. The summed E-state index contributed by atoms with van der Waals surface area (Å²) < 4.78 is 45.1. The number of ether oxygens (including phenoxy) is 1. The van der Waals surface area contributed by atoms with Gasteiger partial charge in [-0.1, -0.05) is 0 Å². The number of nitrogens with zero attached hydrogens (tertiary/aromatic N) is 2. The summed E-state index contributed by atoms with van der Waals surface area (Å²) in [4.78, 5) is 13.7. The van der Waals surface area contributed by atoms with Gasteiger partial charge in [0, 0.05) is 12.1 Å². The molecule has 1 radical (unpaired) electrons. The lowest BCUT2D eigenvalue weighted by Crippen LogP contribution is -2.49. The summed E-state index contributed by atoms with van der Waals surface area (Å²) in [6, 6.07) is 2.09. The molecule has 2 aliphatic heterocycles. The van der Waals surface area contributed by atoms with E-state index in [9.17, 15) is 18.0 Å². The summed E-state index contributed by atoms with van der Waals surface area (Å²) in [5.74, 6) is -1.64. The van der Waals surface area contributed by atoms with Crippen LogP contribution in [0.2, 0.25) is 0 Å². The molecule has 1 amide bonds. The molecule has 3 rings (SSSR count). The fraction of sp³-hybridized carbons (Fsp3) is 0.333. The first kappa shape index (κ1) is 12.1. The fourth-order valence-electron chi connectivity index (χ4n) is 2.15. The molecule has 4 nitrogen and oxygen atoms in total. The van der Waals surface area contributed by atoms with Crippen molar-refractivity contribution < 1.29 is 22.7 Å². The zero-order valence-corrected chi connectivity index (χ0v) is 9.78. The van der Waals surface area contributed by atoms with Crippen LogP contribution in [0.5, 0.6) is 0 Å². The van der Waals surface area contributed by atoms with E-state index in [-0.39, 0.29) is 31.0 Å². The van der Waals surface area contributed by atoms with Crippen LogP contribution in [0.3, 0.4) is 0 Å². The Kier molecular flexibility index (Phi) is 2.76. The predicted octanol–water partition coefficient (Wildman–Crippen LogP) is 2.24. The van der Waals surface area contributed by atoms with Gasteiger partial charge in [-0.2, -0.15) is 0 Å². The first-order valence-corrected chi connectivity index (χ1v) is 5.74. The highest BCUT2D eigenvalue weighted by atomic mass is 19.1. The smallest absolute Gasteiger partial charge is 0.414 e. The Labute approximate surface area is 107 Å². The topological polar surface area (TPSA) is 32.8 Å². The number of carbonyl (C=O) groups excluding carboxylic acids is 1. The maximum Gasteiger partial charge on any atom is 0.414 e. The third kappa shape index (κ3) is 1.98. The van der Waals surface area contributed by atoms with Gasteiger partial charge in [0.2, 0.25) is 0 Å². The van der Waals surface area contributed by atoms with Gasteiger partial charge < -0.3 is 9.64 Å². The molecule has 0 spiro atoms. The molecule has 19 heavy (non-hydrogen) atoms. The van der Waals surface area contributed by atoms with Gasteiger partial charge in [-0.3, -0.25) is 4.90 Å². The van der Waals surface area contributed by atoms with E-state index in [1.165, 1.54) is 11.5 Å². The fourth-order valence-corrected chi connectivity index (χ4v) is 2.15. The summed E-state index contributed by atoms with van der Waals surface area (Å²) in [5.41, 5.74) is -0.177. The monoisotopic (exact) mass is 271 g/mol. The molecule has 2 heterocycles. The van der Waals surface area contributed by atoms with Crippen molar-refractivity contribution in [2.24, 2.45) is 0 Å². The molecule has 2 fully saturated rings. The van der Waals surface area contributed by atoms with Gasteiger partial charge in [-0.05, 0) is 0 Å². The maximum absolute atomic E-state index is 13.9. The minimum atomic E-state index is -1.05. The van der Waals surface area contributed by atoms with Crippen molar-refractivity contribution in [3.63, 3.8) is 0 Å². The highest BCUT2D eigenvalue weighted by Gasteiger charge is 2.32. The molecule has 0 N–H and O–H groups in total. The Morgan fingerprint density at radius 2 is 1.84 bits per heavy atom. The zero-order valence-electron chi connectivity index (χ0n) is 9.78. The molecular formula is C12H10F3N2O2. The minimum absolute atomic E-state index is 0.0211. The summed E-state index contributed by atoms with van der Waals surface area (Å²) in [6.07, 6.45) is -1.74. The molecular weight excluding hydrogens is 261 g/mol. The lowest BCUT2D eigenvalue weighted by Gasteiger charge is -2.36. The molecule has 2 aliphatic rings. The number of rotatable bonds is 2. The van der Waals surface area contributed by atoms with E-state index in [4.69, 9.17) is 0 Å². The van der Waals surface area contributed by atoms with Crippen LogP contribution in [-0.2, 0) is 4.74 Å². The van der Waals surface area contributed by atoms with Crippen molar-refractivity contribution in [3.8, 4) is 0 Å². The number of benzene rings is 1. The average molecular weight is 271 g/mol. The second-order valence-electron chi connectivity index (χ2n) is 4.42. The zero-order chi connectivity index (χ0) is 13.6. The molecule has 2 saturated heterocycles. The van der Waals surface area contributed by atoms with Crippen LogP contribution in [-0.4, -0.2) is 31.9 Å². The quantitative estimate of drug-likeness (QED) is 0.827. The second kappa shape index (κ2) is 4.32. The van der Waals surface area contributed by atoms with Gasteiger partial charge in [0.05, 0.1) is 25.3 Å². The third-order valence-electron chi connectivity index (χ3n) is 3.13. The van der Waals surface area contributed by atoms with E-state index in [0.29, 0.717) is 0 Å². The van der Waals surface area contributed by atoms with E-state index in [1.807, 2.05) is 0 Å². The molecule has 0 unspecified atom stereocenters. The molecule has 0 atom stereocenters. The number of alkyl halides is 1. The first-order chi connectivity index (χ1) is 9.06. The highest BCUT2D eigenvalue weighted by molar-refractivity contribution is 5.90. The molecule has 7 heteroatoms. The van der Waals surface area contributed by atoms with E-state index < -0.39 is 23.9 Å². The molecule has 1 aromatic rings. The van der Waals surface area contributed by atoms with E-state index in [0.717, 1.165) is 17.0 Å². The number of carbonyl (C=O) groups is 1. The van der Waals surface area contributed by atoms with Crippen LogP contribution in [0.25, 0.3) is 0 Å². The Morgan fingerprint density at radius 1 is 1.21 bits per heavy atom. The van der Waals surface area contributed by atoms with Crippen molar-refractivity contribution in [3.05, 3.63) is 30.4 Å². The number of cyclic esters (lactones) is 1. The number of halogens is 3. The molecule has 0 aromatic heterocycles. The first-order valence-electron chi connectivity index (χ1n) is 5.74. The van der Waals surface area contributed by atoms with Gasteiger partial charge in [0.15, 0.2) is 18.2 Å². The van der Waals surface area contributed by atoms with Gasteiger partial charge in [0.25, 0.3) is 0 Å². The molecule has 1 aromatic carbocycles. The summed E-state index contributed by atoms with van der Waals surface area (Å²) in [6.45, 7) is 1.34. The highest BCUT2D eigenvalue weighted by Crippen LogP contribution is 2.33. The summed E-state index contributed by atoms with van der Waals surface area (Å²) >= 11 is 0. The van der Waals surface area contributed by atoms with Crippen molar-refractivity contribution in [1.29, 1.82) is 0 Å². The standard InChI is InChI=1S/C12H10F3N2O2/c13-7-5-16(6-7)11-9(14)3-8(4-10(11)15)17-1-2-19-12(17)18/h2-4,7H,1,5-6H2. The van der Waals surface area contributed by atoms with E-state index in [1.54, 1.807) is 0 Å². The Bertz CT molecular complexity index is 509. The van der Waals surface area contributed by atoms with Gasteiger partial charge >= 0.3 is 6.09 Å². The van der Waals surface area contributed by atoms with Gasteiger partial charge in [-0.25, -0.2) is 18.0 Å². The van der Waals surface area contributed by atoms with Crippen LogP contribution >= 0.6 is 0 Å². The molecule has 0 aliphatic carbocycles. The van der Waals surface area contributed by atoms with Gasteiger partial charge in [0.1, 0.15) is 11.9 Å². The van der Waals surface area contributed by atoms with Crippen molar-refractivity contribution in [2.75, 3.05) is 29.4 Å². The van der Waals surface area contributed by atoms with Gasteiger partial charge in [-0.15, -0.1) is 0 Å². The largest absolute Gasteiger partial charge is 0.440 e. The van der Waals surface area contributed by atoms with Crippen LogP contribution in [0.4, 0.5) is 29.3 Å². The summed E-state index contributed by atoms with van der Waals surface area (Å²) in [5, 5.41) is 0. The molecule has 101 valence electrons. The van der Waals surface area contributed by atoms with Crippen LogP contribution in [0.15, 0.2) is 12.1 Å². The van der Waals surface area contributed by atoms with Crippen molar-refractivity contribution in [1.82, 2.24) is 0 Å². The third-order valence-corrected chi connectivity index (χ3v) is 3.13. The molecule has 0 bridgehead atoms. The second-order valence-corrected chi connectivity index (χ2v) is 4.42.